The minimum Gasteiger partial charge on any atom is -0.382 e. The van der Waals surface area contributed by atoms with E-state index >= 15 is 0 Å². The Labute approximate surface area is 163 Å². The lowest BCUT2D eigenvalue weighted by Gasteiger charge is -2.13. The molecule has 2 atom stereocenters. The summed E-state index contributed by atoms with van der Waals surface area (Å²) >= 11 is 0. The van der Waals surface area contributed by atoms with Gasteiger partial charge in [0.25, 0.3) is 0 Å². The summed E-state index contributed by atoms with van der Waals surface area (Å²) in [6.07, 6.45) is -1.61. The lowest BCUT2D eigenvalue weighted by atomic mass is 10.0. The third-order valence-electron chi connectivity index (χ3n) is 4.59. The summed E-state index contributed by atoms with van der Waals surface area (Å²) in [6.45, 7) is 0. The van der Waals surface area contributed by atoms with Crippen LogP contribution in [0.5, 0.6) is 0 Å². The van der Waals surface area contributed by atoms with Gasteiger partial charge in [-0.15, -0.1) is 0 Å². The van der Waals surface area contributed by atoms with Gasteiger partial charge < -0.3 is 10.2 Å². The van der Waals surface area contributed by atoms with Crippen LogP contribution in [0.2, 0.25) is 0 Å². The highest BCUT2D eigenvalue weighted by molar-refractivity contribution is 5.55. The topological polar surface area (TPSA) is 66.2 Å². The summed E-state index contributed by atoms with van der Waals surface area (Å²) in [5.41, 5.74) is 3.98. The van der Waals surface area contributed by atoms with Crippen molar-refractivity contribution in [3.05, 3.63) is 120 Å². The zero-order chi connectivity index (χ0) is 19.3. The van der Waals surface area contributed by atoms with Crippen LogP contribution in [-0.2, 0) is 0 Å². The number of aromatic nitrogens is 2. The molecule has 0 saturated heterocycles. The largest absolute Gasteiger partial charge is 0.382 e. The maximum absolute atomic E-state index is 10.6. The van der Waals surface area contributed by atoms with Gasteiger partial charge in [-0.2, -0.15) is 0 Å². The van der Waals surface area contributed by atoms with Gasteiger partial charge >= 0.3 is 0 Å². The second kappa shape index (κ2) is 8.13. The summed E-state index contributed by atoms with van der Waals surface area (Å²) in [7, 11) is 0. The molecule has 28 heavy (non-hydrogen) atoms. The molecule has 0 aliphatic carbocycles. The van der Waals surface area contributed by atoms with E-state index in [1.807, 2.05) is 84.9 Å². The highest BCUT2D eigenvalue weighted by Gasteiger charge is 2.15. The molecule has 0 spiro atoms. The molecule has 0 bridgehead atoms. The van der Waals surface area contributed by atoms with E-state index in [4.69, 9.17) is 0 Å². The van der Waals surface area contributed by atoms with Crippen LogP contribution in [0.4, 0.5) is 0 Å². The molecule has 0 saturated carbocycles. The standard InChI is InChI=1S/C24H20N2O2/c27-23(17-9-3-1-4-10-17)21-15-7-13-19(25-21)20-14-8-16-22(26-20)24(28)18-11-5-2-6-12-18/h1-16,23-24,27-28H/t23-,24-/m1/s1. The van der Waals surface area contributed by atoms with E-state index in [2.05, 4.69) is 9.97 Å². The Morgan fingerprint density at radius 2 is 0.857 bits per heavy atom. The zero-order valence-electron chi connectivity index (χ0n) is 15.2. The van der Waals surface area contributed by atoms with Crippen molar-refractivity contribution in [3.8, 4) is 11.4 Å². The van der Waals surface area contributed by atoms with E-state index in [1.165, 1.54) is 0 Å². The minimum atomic E-state index is -0.806. The fourth-order valence-electron chi connectivity index (χ4n) is 3.11. The number of rotatable bonds is 5. The summed E-state index contributed by atoms with van der Waals surface area (Å²) in [5, 5.41) is 21.3. The number of nitrogens with zero attached hydrogens (tertiary/aromatic N) is 2. The summed E-state index contributed by atoms with van der Waals surface area (Å²) < 4.78 is 0. The van der Waals surface area contributed by atoms with Crippen LogP contribution in [-0.4, -0.2) is 20.2 Å². The molecule has 0 unspecified atom stereocenters. The highest BCUT2D eigenvalue weighted by Crippen LogP contribution is 2.25. The number of aliphatic hydroxyl groups excluding tert-OH is 2. The number of hydrogen-bond acceptors (Lipinski definition) is 4. The molecule has 0 radical (unpaired) electrons. The van der Waals surface area contributed by atoms with Gasteiger partial charge in [0.15, 0.2) is 0 Å². The fraction of sp³-hybridized carbons (Fsp3) is 0.0833. The van der Waals surface area contributed by atoms with Gasteiger partial charge in [0, 0.05) is 0 Å². The Bertz CT molecular complexity index is 965. The second-order valence-corrected chi connectivity index (χ2v) is 6.52. The van der Waals surface area contributed by atoms with E-state index in [0.29, 0.717) is 22.8 Å². The molecule has 0 aliphatic rings. The molecule has 4 aromatic rings. The normalized spacial score (nSPS) is 13.1. The van der Waals surface area contributed by atoms with Crippen molar-refractivity contribution in [3.63, 3.8) is 0 Å². The molecule has 2 N–H and O–H groups in total. The number of aliphatic hydroxyl groups is 2. The van der Waals surface area contributed by atoms with Crippen LogP contribution in [0, 0.1) is 0 Å². The first-order chi connectivity index (χ1) is 13.7. The predicted molar refractivity (Wildman–Crippen MR) is 108 cm³/mol. The minimum absolute atomic E-state index is 0.555. The SMILES string of the molecule is O[C@H](c1ccccc1)c1cccc(-c2cccc([C@H](O)c3ccccc3)n2)n1. The fourth-order valence-corrected chi connectivity index (χ4v) is 3.11. The Hall–Kier alpha value is -3.34. The Morgan fingerprint density at radius 3 is 1.25 bits per heavy atom. The van der Waals surface area contributed by atoms with Crippen molar-refractivity contribution in [2.75, 3.05) is 0 Å². The van der Waals surface area contributed by atoms with E-state index in [-0.39, 0.29) is 0 Å². The average molecular weight is 368 g/mol. The average Bonchev–Trinajstić information content (AvgIpc) is 2.79. The van der Waals surface area contributed by atoms with Crippen LogP contribution < -0.4 is 0 Å². The Balaban J connectivity index is 1.65. The molecule has 2 aromatic heterocycles. The summed E-state index contributed by atoms with van der Waals surface area (Å²) in [6, 6.07) is 29.8. The van der Waals surface area contributed by atoms with Crippen molar-refractivity contribution in [2.45, 2.75) is 12.2 Å². The molecule has 4 heteroatoms. The molecule has 0 fully saturated rings. The maximum Gasteiger partial charge on any atom is 0.121 e. The van der Waals surface area contributed by atoms with E-state index in [9.17, 15) is 10.2 Å². The molecule has 4 rings (SSSR count). The van der Waals surface area contributed by atoms with Crippen LogP contribution in [0.1, 0.15) is 34.7 Å². The van der Waals surface area contributed by atoms with Gasteiger partial charge in [-0.1, -0.05) is 72.8 Å². The first-order valence-corrected chi connectivity index (χ1v) is 9.12. The second-order valence-electron chi connectivity index (χ2n) is 6.52. The van der Waals surface area contributed by atoms with Gasteiger partial charge in [-0.25, -0.2) is 9.97 Å². The van der Waals surface area contributed by atoms with Crippen molar-refractivity contribution < 1.29 is 10.2 Å². The van der Waals surface area contributed by atoms with Crippen molar-refractivity contribution in [1.82, 2.24) is 9.97 Å². The molecule has 138 valence electrons. The van der Waals surface area contributed by atoms with Crippen molar-refractivity contribution in [1.29, 1.82) is 0 Å². The number of hydrogen-bond donors (Lipinski definition) is 2. The van der Waals surface area contributed by atoms with E-state index in [1.54, 1.807) is 12.1 Å². The third kappa shape index (κ3) is 3.83. The molecule has 4 nitrogen and oxygen atoms in total. The first-order valence-electron chi connectivity index (χ1n) is 9.12. The van der Waals surface area contributed by atoms with Crippen LogP contribution >= 0.6 is 0 Å². The number of benzene rings is 2. The Kier molecular flexibility index (Phi) is 5.24. The zero-order valence-corrected chi connectivity index (χ0v) is 15.2. The van der Waals surface area contributed by atoms with Gasteiger partial charge in [-0.05, 0) is 35.4 Å². The van der Waals surface area contributed by atoms with Gasteiger partial charge in [0.05, 0.1) is 22.8 Å². The van der Waals surface area contributed by atoms with Gasteiger partial charge in [-0.3, -0.25) is 0 Å². The summed E-state index contributed by atoms with van der Waals surface area (Å²) in [5.74, 6) is 0. The molecular weight excluding hydrogens is 348 g/mol. The van der Waals surface area contributed by atoms with Crippen molar-refractivity contribution in [2.24, 2.45) is 0 Å². The van der Waals surface area contributed by atoms with Crippen LogP contribution in [0.25, 0.3) is 11.4 Å². The monoisotopic (exact) mass is 368 g/mol. The smallest absolute Gasteiger partial charge is 0.121 e. The van der Waals surface area contributed by atoms with Crippen LogP contribution in [0.15, 0.2) is 97.1 Å². The Morgan fingerprint density at radius 1 is 0.464 bits per heavy atom. The molecule has 0 aliphatic heterocycles. The molecule has 2 heterocycles. The highest BCUT2D eigenvalue weighted by atomic mass is 16.3. The molecule has 2 aromatic carbocycles. The first kappa shape index (κ1) is 18.0. The van der Waals surface area contributed by atoms with Gasteiger partial charge in [0.1, 0.15) is 12.2 Å². The number of pyridine rings is 2. The van der Waals surface area contributed by atoms with E-state index in [0.717, 1.165) is 11.1 Å². The third-order valence-corrected chi connectivity index (χ3v) is 4.59. The van der Waals surface area contributed by atoms with Crippen LogP contribution in [0.3, 0.4) is 0 Å². The lowest BCUT2D eigenvalue weighted by molar-refractivity contribution is 0.215. The predicted octanol–water partition coefficient (Wildman–Crippen LogP) is 4.31. The van der Waals surface area contributed by atoms with Crippen molar-refractivity contribution >= 4 is 0 Å². The van der Waals surface area contributed by atoms with E-state index < -0.39 is 12.2 Å². The quantitative estimate of drug-likeness (QED) is 0.551. The van der Waals surface area contributed by atoms with Gasteiger partial charge in [0.2, 0.25) is 0 Å². The molecular formula is C24H20N2O2. The lowest BCUT2D eigenvalue weighted by Crippen LogP contribution is -2.05. The molecule has 0 amide bonds. The summed E-state index contributed by atoms with van der Waals surface area (Å²) in [4.78, 5) is 9.20. The maximum atomic E-state index is 10.6.